The van der Waals surface area contributed by atoms with Crippen LogP contribution in [0.1, 0.15) is 23.4 Å². The maximum atomic E-state index is 12.3. The van der Waals surface area contributed by atoms with Gasteiger partial charge in [-0.15, -0.1) is 11.3 Å². The largest absolute Gasteiger partial charge is 0.497 e. The molecular formula is C17H20N2O2S. The average Bonchev–Trinajstić information content (AvgIpc) is 3.18. The molecule has 1 aromatic heterocycles. The smallest absolute Gasteiger partial charge is 0.227 e. The van der Waals surface area contributed by atoms with Crippen molar-refractivity contribution in [3.63, 3.8) is 0 Å². The molecule has 1 fully saturated rings. The number of thiazole rings is 1. The summed E-state index contributed by atoms with van der Waals surface area (Å²) in [6.07, 6.45) is 2.72. The van der Waals surface area contributed by atoms with Gasteiger partial charge in [-0.1, -0.05) is 12.1 Å². The van der Waals surface area contributed by atoms with Crippen molar-refractivity contribution in [1.29, 1.82) is 0 Å². The fourth-order valence-corrected chi connectivity index (χ4v) is 3.74. The molecule has 0 N–H and O–H groups in total. The van der Waals surface area contributed by atoms with Crippen LogP contribution in [0.2, 0.25) is 0 Å². The lowest BCUT2D eigenvalue weighted by Gasteiger charge is -2.14. The summed E-state index contributed by atoms with van der Waals surface area (Å²) in [6.45, 7) is 3.78. The maximum absolute atomic E-state index is 12.3. The number of likely N-dealkylation sites (tertiary alicyclic amines) is 1. The van der Waals surface area contributed by atoms with Gasteiger partial charge in [-0.05, 0) is 31.9 Å². The molecule has 0 saturated carbocycles. The van der Waals surface area contributed by atoms with Gasteiger partial charge in [0, 0.05) is 23.5 Å². The Labute approximate surface area is 134 Å². The van der Waals surface area contributed by atoms with Gasteiger partial charge in [0.15, 0.2) is 0 Å². The number of benzene rings is 1. The van der Waals surface area contributed by atoms with Crippen molar-refractivity contribution in [3.05, 3.63) is 34.8 Å². The quantitative estimate of drug-likeness (QED) is 0.869. The highest BCUT2D eigenvalue weighted by atomic mass is 32.1. The van der Waals surface area contributed by atoms with Gasteiger partial charge in [-0.2, -0.15) is 0 Å². The number of aryl methyl sites for hydroxylation is 1. The second kappa shape index (κ2) is 6.48. The van der Waals surface area contributed by atoms with Crippen LogP contribution in [0.15, 0.2) is 24.3 Å². The van der Waals surface area contributed by atoms with Crippen LogP contribution in [0.5, 0.6) is 5.75 Å². The number of hydrogen-bond donors (Lipinski definition) is 0. The molecule has 2 heterocycles. The molecule has 0 atom stereocenters. The molecule has 0 spiro atoms. The summed E-state index contributed by atoms with van der Waals surface area (Å²) in [6, 6.07) is 7.87. The van der Waals surface area contributed by atoms with Gasteiger partial charge >= 0.3 is 0 Å². The number of methoxy groups -OCH3 is 1. The van der Waals surface area contributed by atoms with Crippen molar-refractivity contribution in [2.24, 2.45) is 0 Å². The number of carbonyl (C=O) groups excluding carboxylic acids is 1. The zero-order valence-electron chi connectivity index (χ0n) is 13.0. The van der Waals surface area contributed by atoms with E-state index in [0.717, 1.165) is 52.8 Å². The molecule has 1 saturated heterocycles. The monoisotopic (exact) mass is 316 g/mol. The number of rotatable bonds is 4. The standard InChI is InChI=1S/C17H20N2O2S/c1-12-15(11-16(20)19-8-3-4-9-19)22-17(18-12)13-6-5-7-14(10-13)21-2/h5-7,10H,3-4,8-9,11H2,1-2H3. The van der Waals surface area contributed by atoms with Crippen molar-refractivity contribution in [2.45, 2.75) is 26.2 Å². The van der Waals surface area contributed by atoms with E-state index in [-0.39, 0.29) is 5.91 Å². The summed E-state index contributed by atoms with van der Waals surface area (Å²) in [7, 11) is 1.66. The van der Waals surface area contributed by atoms with Gasteiger partial charge in [-0.3, -0.25) is 4.79 Å². The summed E-state index contributed by atoms with van der Waals surface area (Å²) < 4.78 is 5.26. The SMILES string of the molecule is COc1cccc(-c2nc(C)c(CC(=O)N3CCCC3)s2)c1. The molecule has 3 rings (SSSR count). The third kappa shape index (κ3) is 3.14. The van der Waals surface area contributed by atoms with Gasteiger partial charge < -0.3 is 9.64 Å². The third-order valence-corrected chi connectivity index (χ3v) is 5.19. The van der Waals surface area contributed by atoms with Crippen LogP contribution in [0.4, 0.5) is 0 Å². The van der Waals surface area contributed by atoms with E-state index in [1.807, 2.05) is 36.1 Å². The van der Waals surface area contributed by atoms with Crippen molar-refractivity contribution < 1.29 is 9.53 Å². The van der Waals surface area contributed by atoms with Gasteiger partial charge in [0.25, 0.3) is 0 Å². The Kier molecular flexibility index (Phi) is 4.43. The number of ether oxygens (including phenoxy) is 1. The molecule has 4 nitrogen and oxygen atoms in total. The number of amides is 1. The van der Waals surface area contributed by atoms with E-state index in [1.54, 1.807) is 18.4 Å². The Balaban J connectivity index is 1.79. The molecule has 22 heavy (non-hydrogen) atoms. The van der Waals surface area contributed by atoms with Gasteiger partial charge in [-0.25, -0.2) is 4.98 Å². The van der Waals surface area contributed by atoms with E-state index < -0.39 is 0 Å². The molecule has 0 unspecified atom stereocenters. The Hall–Kier alpha value is -1.88. The Morgan fingerprint density at radius 1 is 1.36 bits per heavy atom. The molecule has 5 heteroatoms. The van der Waals surface area contributed by atoms with Crippen molar-refractivity contribution in [2.75, 3.05) is 20.2 Å². The first-order valence-electron chi connectivity index (χ1n) is 7.56. The van der Waals surface area contributed by atoms with Gasteiger partial charge in [0.05, 0.1) is 19.2 Å². The van der Waals surface area contributed by atoms with Crippen LogP contribution in [0.25, 0.3) is 10.6 Å². The lowest BCUT2D eigenvalue weighted by molar-refractivity contribution is -0.129. The van der Waals surface area contributed by atoms with E-state index in [1.165, 1.54) is 0 Å². The van der Waals surface area contributed by atoms with E-state index in [9.17, 15) is 4.79 Å². The number of carbonyl (C=O) groups is 1. The van der Waals surface area contributed by atoms with Crippen LogP contribution in [0, 0.1) is 6.92 Å². The van der Waals surface area contributed by atoms with Crippen molar-refractivity contribution in [1.82, 2.24) is 9.88 Å². The zero-order valence-corrected chi connectivity index (χ0v) is 13.8. The lowest BCUT2D eigenvalue weighted by Crippen LogP contribution is -2.28. The molecular weight excluding hydrogens is 296 g/mol. The topological polar surface area (TPSA) is 42.4 Å². The first-order chi connectivity index (χ1) is 10.7. The van der Waals surface area contributed by atoms with Crippen molar-refractivity contribution >= 4 is 17.2 Å². The van der Waals surface area contributed by atoms with Crippen LogP contribution < -0.4 is 4.74 Å². The molecule has 116 valence electrons. The normalized spacial score (nSPS) is 14.4. The van der Waals surface area contributed by atoms with E-state index in [2.05, 4.69) is 4.98 Å². The highest BCUT2D eigenvalue weighted by molar-refractivity contribution is 7.15. The number of aromatic nitrogens is 1. The molecule has 1 aromatic carbocycles. The van der Waals surface area contributed by atoms with Gasteiger partial charge in [0.1, 0.15) is 10.8 Å². The summed E-state index contributed by atoms with van der Waals surface area (Å²) in [4.78, 5) is 20.0. The molecule has 1 amide bonds. The zero-order chi connectivity index (χ0) is 15.5. The average molecular weight is 316 g/mol. The molecule has 0 aliphatic carbocycles. The first kappa shape index (κ1) is 15.0. The molecule has 1 aliphatic heterocycles. The third-order valence-electron chi connectivity index (χ3n) is 3.98. The van der Waals surface area contributed by atoms with Crippen LogP contribution in [0.3, 0.4) is 0 Å². The summed E-state index contributed by atoms with van der Waals surface area (Å²) >= 11 is 1.60. The fourth-order valence-electron chi connectivity index (χ4n) is 2.69. The summed E-state index contributed by atoms with van der Waals surface area (Å²) in [5.74, 6) is 1.04. The first-order valence-corrected chi connectivity index (χ1v) is 8.37. The van der Waals surface area contributed by atoms with E-state index in [4.69, 9.17) is 4.74 Å². The second-order valence-electron chi connectivity index (χ2n) is 5.52. The molecule has 2 aromatic rings. The Bertz CT molecular complexity index is 675. The van der Waals surface area contributed by atoms with Gasteiger partial charge in [0.2, 0.25) is 5.91 Å². The minimum Gasteiger partial charge on any atom is -0.497 e. The Morgan fingerprint density at radius 3 is 2.86 bits per heavy atom. The molecule has 1 aliphatic rings. The van der Waals surface area contributed by atoms with Crippen molar-refractivity contribution in [3.8, 4) is 16.3 Å². The fraction of sp³-hybridized carbons (Fsp3) is 0.412. The summed E-state index contributed by atoms with van der Waals surface area (Å²) in [5.41, 5.74) is 1.99. The van der Waals surface area contributed by atoms with Crippen LogP contribution >= 0.6 is 11.3 Å². The minimum atomic E-state index is 0.224. The van der Waals surface area contributed by atoms with E-state index in [0.29, 0.717) is 6.42 Å². The second-order valence-corrected chi connectivity index (χ2v) is 6.61. The van der Waals surface area contributed by atoms with E-state index >= 15 is 0 Å². The molecule has 0 bridgehead atoms. The lowest BCUT2D eigenvalue weighted by atomic mass is 10.2. The predicted molar refractivity (Wildman–Crippen MR) is 88.4 cm³/mol. The Morgan fingerprint density at radius 2 is 2.14 bits per heavy atom. The van der Waals surface area contributed by atoms with Crippen LogP contribution in [-0.4, -0.2) is 36.0 Å². The summed E-state index contributed by atoms with van der Waals surface area (Å²) in [5, 5.41) is 0.945. The minimum absolute atomic E-state index is 0.224. The highest BCUT2D eigenvalue weighted by Gasteiger charge is 2.20. The molecule has 0 radical (unpaired) electrons. The number of hydrogen-bond acceptors (Lipinski definition) is 4. The highest BCUT2D eigenvalue weighted by Crippen LogP contribution is 2.30. The predicted octanol–water partition coefficient (Wildman–Crippen LogP) is 3.29. The number of nitrogens with zero attached hydrogens (tertiary/aromatic N) is 2. The van der Waals surface area contributed by atoms with Crippen LogP contribution in [-0.2, 0) is 11.2 Å². The maximum Gasteiger partial charge on any atom is 0.227 e.